The number of rotatable bonds is 4. The molecule has 0 spiro atoms. The molecule has 4 heteroatoms. The summed E-state index contributed by atoms with van der Waals surface area (Å²) in [6.45, 7) is 5.66. The smallest absolute Gasteiger partial charge is 0.207 e. The molecule has 0 radical (unpaired) electrons. The van der Waals surface area contributed by atoms with E-state index in [2.05, 4.69) is 13.8 Å². The molecule has 0 N–H and O–H groups in total. The second-order valence-electron chi connectivity index (χ2n) is 6.06. The predicted octanol–water partition coefficient (Wildman–Crippen LogP) is 3.45. The topological polar surface area (TPSA) is 37.4 Å². The molecule has 0 aliphatic carbocycles. The lowest BCUT2D eigenvalue weighted by atomic mass is 10.0. The van der Waals surface area contributed by atoms with Gasteiger partial charge in [-0.15, -0.1) is 0 Å². The van der Waals surface area contributed by atoms with Gasteiger partial charge in [-0.05, 0) is 42.9 Å². The van der Waals surface area contributed by atoms with Gasteiger partial charge in [0.2, 0.25) is 10.0 Å². The first kappa shape index (κ1) is 15.5. The van der Waals surface area contributed by atoms with E-state index < -0.39 is 10.0 Å². The number of nitrogens with zero attached hydrogens (tertiary/aromatic N) is 1. The molecule has 0 amide bonds. The van der Waals surface area contributed by atoms with Crippen LogP contribution in [0, 0.1) is 5.92 Å². The Morgan fingerprint density at radius 2 is 1.55 bits per heavy atom. The summed E-state index contributed by atoms with van der Waals surface area (Å²) >= 11 is 0. The van der Waals surface area contributed by atoms with Gasteiger partial charge in [0.15, 0.2) is 0 Å². The average molecular weight is 295 g/mol. The zero-order valence-electron chi connectivity index (χ0n) is 12.5. The van der Waals surface area contributed by atoms with Crippen molar-refractivity contribution in [1.82, 2.24) is 4.31 Å². The summed E-state index contributed by atoms with van der Waals surface area (Å²) in [4.78, 5) is 0.437. The van der Waals surface area contributed by atoms with Crippen LogP contribution >= 0.6 is 0 Å². The molecule has 0 bridgehead atoms. The fourth-order valence-corrected chi connectivity index (χ4v) is 4.22. The van der Waals surface area contributed by atoms with E-state index in [4.69, 9.17) is 0 Å². The second-order valence-corrected chi connectivity index (χ2v) is 8.00. The molecule has 1 fully saturated rings. The summed E-state index contributed by atoms with van der Waals surface area (Å²) in [7, 11) is -3.30. The SMILES string of the molecule is CC(C)Cc1ccc(S(=O)(=O)N2CCCCCC2)cc1. The molecule has 0 atom stereocenters. The lowest BCUT2D eigenvalue weighted by Gasteiger charge is -2.20. The van der Waals surface area contributed by atoms with Crippen LogP contribution in [0.5, 0.6) is 0 Å². The van der Waals surface area contributed by atoms with Crippen LogP contribution in [0.2, 0.25) is 0 Å². The Morgan fingerprint density at radius 1 is 1.00 bits per heavy atom. The van der Waals surface area contributed by atoms with Crippen molar-refractivity contribution in [3.05, 3.63) is 29.8 Å². The van der Waals surface area contributed by atoms with E-state index in [0.29, 0.717) is 23.9 Å². The van der Waals surface area contributed by atoms with E-state index in [1.54, 1.807) is 16.4 Å². The number of hydrogen-bond acceptors (Lipinski definition) is 2. The summed E-state index contributed by atoms with van der Waals surface area (Å²) in [5.41, 5.74) is 1.20. The molecule has 1 aliphatic rings. The maximum atomic E-state index is 12.6. The summed E-state index contributed by atoms with van der Waals surface area (Å²) in [6.07, 6.45) is 5.22. The van der Waals surface area contributed by atoms with Crippen molar-refractivity contribution < 1.29 is 8.42 Å². The molecule has 112 valence electrons. The second kappa shape index (κ2) is 6.72. The van der Waals surface area contributed by atoms with Gasteiger partial charge in [-0.2, -0.15) is 4.31 Å². The Labute approximate surface area is 123 Å². The van der Waals surface area contributed by atoms with Crippen LogP contribution in [0.3, 0.4) is 0 Å². The van der Waals surface area contributed by atoms with Crippen molar-refractivity contribution in [2.75, 3.05) is 13.1 Å². The van der Waals surface area contributed by atoms with Crippen LogP contribution in [-0.4, -0.2) is 25.8 Å². The Hall–Kier alpha value is -0.870. The molecule has 0 unspecified atom stereocenters. The zero-order chi connectivity index (χ0) is 14.6. The van der Waals surface area contributed by atoms with E-state index in [1.165, 1.54) is 5.56 Å². The van der Waals surface area contributed by atoms with Gasteiger partial charge in [-0.25, -0.2) is 8.42 Å². The first-order chi connectivity index (χ1) is 9.50. The molecule has 1 heterocycles. The molecule has 1 aromatic rings. The molecule has 1 aliphatic heterocycles. The Kier molecular flexibility index (Phi) is 5.22. The van der Waals surface area contributed by atoms with Crippen LogP contribution in [0.4, 0.5) is 0 Å². The molecular weight excluding hydrogens is 270 g/mol. The Morgan fingerprint density at radius 3 is 2.05 bits per heavy atom. The van der Waals surface area contributed by atoms with Gasteiger partial charge in [0, 0.05) is 13.1 Å². The average Bonchev–Trinajstić information content (AvgIpc) is 2.68. The maximum absolute atomic E-state index is 12.6. The van der Waals surface area contributed by atoms with Crippen molar-refractivity contribution in [1.29, 1.82) is 0 Å². The fraction of sp³-hybridized carbons (Fsp3) is 0.625. The van der Waals surface area contributed by atoms with Crippen LogP contribution in [-0.2, 0) is 16.4 Å². The normalized spacial score (nSPS) is 18.1. The monoisotopic (exact) mass is 295 g/mol. The van der Waals surface area contributed by atoms with Crippen molar-refractivity contribution in [3.8, 4) is 0 Å². The highest BCUT2D eigenvalue weighted by Crippen LogP contribution is 2.21. The quantitative estimate of drug-likeness (QED) is 0.853. The standard InChI is InChI=1S/C16H25NO2S/c1-14(2)13-15-7-9-16(10-8-15)20(18,19)17-11-5-3-4-6-12-17/h7-10,14H,3-6,11-13H2,1-2H3. The lowest BCUT2D eigenvalue weighted by molar-refractivity contribution is 0.423. The Balaban J connectivity index is 2.16. The first-order valence-electron chi connectivity index (χ1n) is 7.59. The molecule has 2 rings (SSSR count). The minimum Gasteiger partial charge on any atom is -0.207 e. The van der Waals surface area contributed by atoms with Crippen molar-refractivity contribution >= 4 is 10.0 Å². The van der Waals surface area contributed by atoms with E-state index in [1.807, 2.05) is 12.1 Å². The van der Waals surface area contributed by atoms with Gasteiger partial charge >= 0.3 is 0 Å². The lowest BCUT2D eigenvalue weighted by Crippen LogP contribution is -2.31. The highest BCUT2D eigenvalue weighted by Gasteiger charge is 2.24. The van der Waals surface area contributed by atoms with Gasteiger partial charge in [-0.3, -0.25) is 0 Å². The van der Waals surface area contributed by atoms with Gasteiger partial charge < -0.3 is 0 Å². The minimum absolute atomic E-state index is 0.437. The fourth-order valence-electron chi connectivity index (χ4n) is 2.70. The molecule has 3 nitrogen and oxygen atoms in total. The molecule has 1 aromatic carbocycles. The van der Waals surface area contributed by atoms with Gasteiger partial charge in [0.1, 0.15) is 0 Å². The summed E-state index contributed by atoms with van der Waals surface area (Å²) in [5, 5.41) is 0. The van der Waals surface area contributed by atoms with Crippen LogP contribution in [0.15, 0.2) is 29.2 Å². The molecule has 20 heavy (non-hydrogen) atoms. The van der Waals surface area contributed by atoms with Crippen molar-refractivity contribution in [3.63, 3.8) is 0 Å². The van der Waals surface area contributed by atoms with Crippen LogP contribution in [0.25, 0.3) is 0 Å². The molecule has 1 saturated heterocycles. The number of sulfonamides is 1. The van der Waals surface area contributed by atoms with E-state index in [9.17, 15) is 8.42 Å². The summed E-state index contributed by atoms with van der Waals surface area (Å²) < 4.78 is 26.8. The van der Waals surface area contributed by atoms with Gasteiger partial charge in [0.05, 0.1) is 4.90 Å². The van der Waals surface area contributed by atoms with Gasteiger partial charge in [-0.1, -0.05) is 38.8 Å². The number of hydrogen-bond donors (Lipinski definition) is 0. The maximum Gasteiger partial charge on any atom is 0.243 e. The highest BCUT2D eigenvalue weighted by molar-refractivity contribution is 7.89. The third-order valence-electron chi connectivity index (χ3n) is 3.77. The molecule has 0 saturated carbocycles. The minimum atomic E-state index is -3.30. The summed E-state index contributed by atoms with van der Waals surface area (Å²) in [6, 6.07) is 7.42. The van der Waals surface area contributed by atoms with E-state index >= 15 is 0 Å². The van der Waals surface area contributed by atoms with Crippen molar-refractivity contribution in [2.45, 2.75) is 50.8 Å². The zero-order valence-corrected chi connectivity index (χ0v) is 13.3. The largest absolute Gasteiger partial charge is 0.243 e. The highest BCUT2D eigenvalue weighted by atomic mass is 32.2. The van der Waals surface area contributed by atoms with Crippen molar-refractivity contribution in [2.24, 2.45) is 5.92 Å². The third kappa shape index (κ3) is 3.83. The molecular formula is C16H25NO2S. The van der Waals surface area contributed by atoms with Gasteiger partial charge in [0.25, 0.3) is 0 Å². The summed E-state index contributed by atoms with van der Waals surface area (Å²) in [5.74, 6) is 0.586. The predicted molar refractivity (Wildman–Crippen MR) is 82.2 cm³/mol. The van der Waals surface area contributed by atoms with Crippen LogP contribution in [0.1, 0.15) is 45.1 Å². The Bertz CT molecular complexity index is 512. The van der Waals surface area contributed by atoms with E-state index in [0.717, 1.165) is 32.1 Å². The first-order valence-corrected chi connectivity index (χ1v) is 9.03. The van der Waals surface area contributed by atoms with E-state index in [-0.39, 0.29) is 0 Å². The third-order valence-corrected chi connectivity index (χ3v) is 5.68. The van der Waals surface area contributed by atoms with Crippen LogP contribution < -0.4 is 0 Å². The number of benzene rings is 1. The molecule has 0 aromatic heterocycles.